The average Bonchev–Trinajstić information content (AvgIpc) is 3.29. The van der Waals surface area contributed by atoms with Gasteiger partial charge >= 0.3 is 0 Å². The molecule has 0 aliphatic carbocycles. The molecule has 0 atom stereocenters. The molecule has 122 valence electrons. The van der Waals surface area contributed by atoms with Gasteiger partial charge in [-0.2, -0.15) is 5.10 Å². The first-order chi connectivity index (χ1) is 11.2. The van der Waals surface area contributed by atoms with E-state index in [9.17, 15) is 4.79 Å². The van der Waals surface area contributed by atoms with Crippen LogP contribution in [0.25, 0.3) is 0 Å². The van der Waals surface area contributed by atoms with Crippen molar-refractivity contribution in [2.45, 2.75) is 32.4 Å². The van der Waals surface area contributed by atoms with Gasteiger partial charge in [-0.3, -0.25) is 14.4 Å². The highest BCUT2D eigenvalue weighted by Crippen LogP contribution is 2.25. The molecule has 23 heavy (non-hydrogen) atoms. The Hall–Kier alpha value is -2.08. The zero-order valence-corrected chi connectivity index (χ0v) is 13.5. The van der Waals surface area contributed by atoms with Crippen LogP contribution in [0.1, 0.15) is 40.2 Å². The van der Waals surface area contributed by atoms with Crippen molar-refractivity contribution in [2.75, 3.05) is 19.6 Å². The molecule has 1 saturated heterocycles. The fourth-order valence-corrected chi connectivity index (χ4v) is 3.64. The number of aryl methyl sites for hydroxylation is 1. The van der Waals surface area contributed by atoms with Crippen LogP contribution in [0.3, 0.4) is 0 Å². The minimum absolute atomic E-state index is 0.114. The molecule has 6 nitrogen and oxygen atoms in total. The SMILES string of the molecule is Cn1nc(C(=O)N2CCCC2)c2c1CN(Cc1ccoc1)CC2. The first kappa shape index (κ1) is 14.5. The highest BCUT2D eigenvalue weighted by molar-refractivity contribution is 5.94. The van der Waals surface area contributed by atoms with Crippen LogP contribution in [-0.4, -0.2) is 45.1 Å². The van der Waals surface area contributed by atoms with Crippen LogP contribution in [-0.2, 0) is 26.6 Å². The number of aromatic nitrogens is 2. The van der Waals surface area contributed by atoms with Crippen molar-refractivity contribution in [2.24, 2.45) is 7.05 Å². The first-order valence-electron chi connectivity index (χ1n) is 8.30. The van der Waals surface area contributed by atoms with Crippen LogP contribution >= 0.6 is 0 Å². The van der Waals surface area contributed by atoms with Crippen molar-refractivity contribution in [1.29, 1.82) is 0 Å². The van der Waals surface area contributed by atoms with Crippen LogP contribution < -0.4 is 0 Å². The minimum Gasteiger partial charge on any atom is -0.472 e. The van der Waals surface area contributed by atoms with Crippen molar-refractivity contribution >= 4 is 5.91 Å². The van der Waals surface area contributed by atoms with Gasteiger partial charge in [-0.1, -0.05) is 0 Å². The van der Waals surface area contributed by atoms with Gasteiger partial charge in [0.1, 0.15) is 0 Å². The molecule has 4 rings (SSSR count). The molecule has 2 aromatic rings. The number of likely N-dealkylation sites (tertiary alicyclic amines) is 1. The van der Waals surface area contributed by atoms with Crippen molar-refractivity contribution < 1.29 is 9.21 Å². The summed E-state index contributed by atoms with van der Waals surface area (Å²) < 4.78 is 7.04. The van der Waals surface area contributed by atoms with Crippen LogP contribution in [0.2, 0.25) is 0 Å². The third-order valence-electron chi connectivity index (χ3n) is 4.91. The van der Waals surface area contributed by atoms with E-state index in [1.807, 2.05) is 22.7 Å². The van der Waals surface area contributed by atoms with Crippen molar-refractivity contribution in [3.05, 3.63) is 41.1 Å². The van der Waals surface area contributed by atoms with E-state index in [1.165, 1.54) is 11.3 Å². The van der Waals surface area contributed by atoms with Gasteiger partial charge in [0.05, 0.1) is 18.2 Å². The molecule has 2 aromatic heterocycles. The first-order valence-corrected chi connectivity index (χ1v) is 8.30. The number of amides is 1. The lowest BCUT2D eigenvalue weighted by atomic mass is 10.0. The predicted molar refractivity (Wildman–Crippen MR) is 84.9 cm³/mol. The number of hydrogen-bond donors (Lipinski definition) is 0. The van der Waals surface area contributed by atoms with E-state index in [0.717, 1.165) is 57.5 Å². The quantitative estimate of drug-likeness (QED) is 0.867. The molecule has 0 N–H and O–H groups in total. The summed E-state index contributed by atoms with van der Waals surface area (Å²) in [5, 5.41) is 4.55. The Morgan fingerprint density at radius 1 is 1.30 bits per heavy atom. The average molecular weight is 314 g/mol. The fourth-order valence-electron chi connectivity index (χ4n) is 3.64. The van der Waals surface area contributed by atoms with E-state index in [2.05, 4.69) is 10.00 Å². The lowest BCUT2D eigenvalue weighted by Crippen LogP contribution is -2.32. The van der Waals surface area contributed by atoms with E-state index in [-0.39, 0.29) is 5.91 Å². The summed E-state index contributed by atoms with van der Waals surface area (Å²) in [5.41, 5.74) is 4.17. The molecule has 0 spiro atoms. The Morgan fingerprint density at radius 2 is 2.13 bits per heavy atom. The van der Waals surface area contributed by atoms with Gasteiger partial charge in [-0.05, 0) is 25.3 Å². The smallest absolute Gasteiger partial charge is 0.274 e. The van der Waals surface area contributed by atoms with Gasteiger partial charge in [0.15, 0.2) is 5.69 Å². The van der Waals surface area contributed by atoms with E-state index in [4.69, 9.17) is 4.42 Å². The second kappa shape index (κ2) is 5.85. The van der Waals surface area contributed by atoms with E-state index >= 15 is 0 Å². The highest BCUT2D eigenvalue weighted by atomic mass is 16.3. The summed E-state index contributed by atoms with van der Waals surface area (Å²) in [4.78, 5) is 17.0. The Labute approximate surface area is 135 Å². The monoisotopic (exact) mass is 314 g/mol. The maximum absolute atomic E-state index is 12.7. The summed E-state index contributed by atoms with van der Waals surface area (Å²) in [7, 11) is 1.95. The third kappa shape index (κ3) is 2.67. The molecule has 0 radical (unpaired) electrons. The molecule has 4 heterocycles. The number of carbonyl (C=O) groups is 1. The Balaban J connectivity index is 1.54. The lowest BCUT2D eigenvalue weighted by Gasteiger charge is -2.27. The zero-order valence-electron chi connectivity index (χ0n) is 13.5. The van der Waals surface area contributed by atoms with Crippen molar-refractivity contribution in [3.8, 4) is 0 Å². The van der Waals surface area contributed by atoms with Crippen LogP contribution in [0.5, 0.6) is 0 Å². The van der Waals surface area contributed by atoms with Crippen LogP contribution in [0, 0.1) is 0 Å². The summed E-state index contributed by atoms with van der Waals surface area (Å²) in [6.07, 6.45) is 6.61. The number of hydrogen-bond acceptors (Lipinski definition) is 4. The highest BCUT2D eigenvalue weighted by Gasteiger charge is 2.30. The normalized spacial score (nSPS) is 18.4. The molecular formula is C17H22N4O2. The van der Waals surface area contributed by atoms with E-state index < -0.39 is 0 Å². The topological polar surface area (TPSA) is 54.5 Å². The summed E-state index contributed by atoms with van der Waals surface area (Å²) >= 11 is 0. The van der Waals surface area contributed by atoms with Crippen LogP contribution in [0.4, 0.5) is 0 Å². The number of rotatable bonds is 3. The van der Waals surface area contributed by atoms with Gasteiger partial charge in [0.2, 0.25) is 0 Å². The molecular weight excluding hydrogens is 292 g/mol. The maximum atomic E-state index is 12.7. The minimum atomic E-state index is 0.114. The van der Waals surface area contributed by atoms with Crippen molar-refractivity contribution in [3.63, 3.8) is 0 Å². The van der Waals surface area contributed by atoms with Gasteiger partial charge < -0.3 is 9.32 Å². The number of furan rings is 1. The van der Waals surface area contributed by atoms with Gasteiger partial charge in [0.25, 0.3) is 5.91 Å². The van der Waals surface area contributed by atoms with Gasteiger partial charge in [-0.15, -0.1) is 0 Å². The summed E-state index contributed by atoms with van der Waals surface area (Å²) in [6.45, 7) is 4.39. The number of fused-ring (bicyclic) bond motifs is 1. The molecule has 1 fully saturated rings. The molecule has 2 aliphatic rings. The van der Waals surface area contributed by atoms with E-state index in [1.54, 1.807) is 12.5 Å². The molecule has 6 heteroatoms. The van der Waals surface area contributed by atoms with Gasteiger partial charge in [-0.25, -0.2) is 0 Å². The molecule has 1 amide bonds. The molecule has 0 bridgehead atoms. The molecule has 0 saturated carbocycles. The zero-order chi connectivity index (χ0) is 15.8. The number of carbonyl (C=O) groups excluding carboxylic acids is 1. The molecule has 0 unspecified atom stereocenters. The summed E-state index contributed by atoms with van der Waals surface area (Å²) in [5.74, 6) is 0.114. The molecule has 2 aliphatic heterocycles. The Bertz CT molecular complexity index is 699. The van der Waals surface area contributed by atoms with E-state index in [0.29, 0.717) is 5.69 Å². The lowest BCUT2D eigenvalue weighted by molar-refractivity contribution is 0.0784. The largest absolute Gasteiger partial charge is 0.472 e. The summed E-state index contributed by atoms with van der Waals surface area (Å²) in [6, 6.07) is 2.00. The second-order valence-corrected chi connectivity index (χ2v) is 6.49. The van der Waals surface area contributed by atoms with Crippen LogP contribution in [0.15, 0.2) is 23.0 Å². The molecule has 0 aromatic carbocycles. The maximum Gasteiger partial charge on any atom is 0.274 e. The predicted octanol–water partition coefficient (Wildman–Crippen LogP) is 1.81. The standard InChI is InChI=1S/C17H22N4O2/c1-19-15-11-20(10-13-5-9-23-12-13)8-4-14(15)16(18-19)17(22)21-6-2-3-7-21/h5,9,12H,2-4,6-8,10-11H2,1H3. The second-order valence-electron chi connectivity index (χ2n) is 6.49. The van der Waals surface area contributed by atoms with Gasteiger partial charge in [0, 0.05) is 50.9 Å². The van der Waals surface area contributed by atoms with Crippen molar-refractivity contribution in [1.82, 2.24) is 19.6 Å². The fraction of sp³-hybridized carbons (Fsp3) is 0.529. The Kier molecular flexibility index (Phi) is 3.69. The Morgan fingerprint density at radius 3 is 2.87 bits per heavy atom. The number of nitrogens with zero attached hydrogens (tertiary/aromatic N) is 4. The third-order valence-corrected chi connectivity index (χ3v) is 4.91.